The lowest BCUT2D eigenvalue weighted by atomic mass is 9.86. The highest BCUT2D eigenvalue weighted by Crippen LogP contribution is 2.37. The first-order valence-electron chi connectivity index (χ1n) is 20.9. The van der Waals surface area contributed by atoms with Gasteiger partial charge in [-0.2, -0.15) is 0 Å². The smallest absolute Gasteiger partial charge is 0.352 e. The number of benzene rings is 6. The van der Waals surface area contributed by atoms with Crippen LogP contribution in [-0.2, 0) is 10.8 Å². The monoisotopic (exact) mass is 946 g/mol. The molecule has 10 heteroatoms. The number of aromatic nitrogens is 2. The molecule has 0 aliphatic heterocycles. The molecule has 0 aliphatic rings. The molecule has 0 bridgehead atoms. The van der Waals surface area contributed by atoms with E-state index in [0.717, 1.165) is 37.9 Å². The minimum Gasteiger partial charge on any atom is -0.532 e. The van der Waals surface area contributed by atoms with Crippen LogP contribution in [0.3, 0.4) is 0 Å². The summed E-state index contributed by atoms with van der Waals surface area (Å²) in [6.07, 6.45) is 2.86. The van der Waals surface area contributed by atoms with Crippen LogP contribution < -0.4 is 29.6 Å². The molecule has 64 heavy (non-hydrogen) atoms. The number of hydrogen-bond acceptors (Lipinski definition) is 5. The van der Waals surface area contributed by atoms with Gasteiger partial charge in [-0.05, 0) is 89.0 Å². The van der Waals surface area contributed by atoms with Crippen molar-refractivity contribution >= 4 is 54.8 Å². The van der Waals surface area contributed by atoms with Crippen LogP contribution in [0.4, 0.5) is 8.78 Å². The van der Waals surface area contributed by atoms with Gasteiger partial charge in [0.15, 0.2) is 11.6 Å². The lowest BCUT2D eigenvalue weighted by Gasteiger charge is -2.24. The third kappa shape index (κ3) is 11.3. The Morgan fingerprint density at radius 2 is 0.812 bits per heavy atom. The summed E-state index contributed by atoms with van der Waals surface area (Å²) in [4.78, 5) is 8.52. The van der Waals surface area contributed by atoms with Gasteiger partial charge >= 0.3 is 18.1 Å². The molecule has 6 aromatic carbocycles. The van der Waals surface area contributed by atoms with Crippen LogP contribution in [0.5, 0.6) is 17.2 Å². The highest BCUT2D eigenvalue weighted by molar-refractivity contribution is 9.10. The molecule has 8 rings (SSSR count). The largest absolute Gasteiger partial charge is 0.532 e. The quantitative estimate of drug-likeness (QED) is 0.138. The summed E-state index contributed by atoms with van der Waals surface area (Å²) in [6, 6.07) is 55.0. The van der Waals surface area contributed by atoms with Gasteiger partial charge in [0.1, 0.15) is 28.6 Å². The predicted octanol–water partition coefficient (Wildman–Crippen LogP) is 11.2. The molecule has 5 nitrogen and oxygen atoms in total. The second kappa shape index (κ2) is 20.1. The molecule has 322 valence electrons. The summed E-state index contributed by atoms with van der Waals surface area (Å²) in [5.74, 6) is 0.0367. The van der Waals surface area contributed by atoms with E-state index in [4.69, 9.17) is 8.85 Å². The van der Waals surface area contributed by atoms with E-state index in [9.17, 15) is 13.9 Å². The average Bonchev–Trinajstić information content (AvgIpc) is 3.28. The van der Waals surface area contributed by atoms with E-state index < -0.39 is 23.9 Å². The van der Waals surface area contributed by atoms with Crippen LogP contribution in [0.15, 0.2) is 187 Å². The highest BCUT2D eigenvalue weighted by atomic mass is 79.9. The summed E-state index contributed by atoms with van der Waals surface area (Å²) in [5.41, 5.74) is 3.67. The first-order valence-corrected chi connectivity index (χ1v) is 24.5. The fourth-order valence-corrected chi connectivity index (χ4v) is 11.1. The van der Waals surface area contributed by atoms with Gasteiger partial charge in [-0.1, -0.05) is 175 Å². The van der Waals surface area contributed by atoms with E-state index in [1.54, 1.807) is 6.20 Å². The fourth-order valence-electron chi connectivity index (χ4n) is 6.92. The van der Waals surface area contributed by atoms with Crippen LogP contribution >= 0.6 is 15.9 Å². The molecular formula is C54H49BrF2N2O3Si2. The number of hydrogen-bond donors (Lipinski definition) is 1. The molecule has 0 amide bonds. The van der Waals surface area contributed by atoms with Gasteiger partial charge < -0.3 is 14.0 Å². The Hall–Kier alpha value is -6.21. The van der Waals surface area contributed by atoms with E-state index in [2.05, 4.69) is 116 Å². The molecule has 8 aromatic rings. The standard InChI is InChI=1S/C27H24BrFNOSi.C27H25FNO2Si/c1-27(2,3)19-14-15-23(26-24(29)17-20(28)18-30-26)25(16-19)31-32(21-10-6-4-7-11-21)22-12-8-5-9-13-22;1-27(2,3)19-14-15-23(26-24(28)17-20(30)18-29-26)25(16-19)31-32(21-10-6-4-7-11-21)22-12-8-5-9-13-22/h4-18H,1-3H3;4-18,30H,1-3H3. The van der Waals surface area contributed by atoms with Crippen molar-refractivity contribution in [2.75, 3.05) is 0 Å². The Morgan fingerprint density at radius 3 is 1.14 bits per heavy atom. The highest BCUT2D eigenvalue weighted by Gasteiger charge is 2.28. The normalized spacial score (nSPS) is 11.5. The van der Waals surface area contributed by atoms with Gasteiger partial charge in [0.2, 0.25) is 0 Å². The molecule has 0 atom stereocenters. The molecule has 1 N–H and O–H groups in total. The number of nitrogens with zero attached hydrogens (tertiary/aromatic N) is 2. The molecule has 0 unspecified atom stereocenters. The lowest BCUT2D eigenvalue weighted by molar-refractivity contribution is 0.465. The van der Waals surface area contributed by atoms with Gasteiger partial charge in [-0.3, -0.25) is 4.98 Å². The molecular weight excluding hydrogens is 899 g/mol. The first-order chi connectivity index (χ1) is 30.7. The van der Waals surface area contributed by atoms with E-state index in [1.165, 1.54) is 12.3 Å². The van der Waals surface area contributed by atoms with Crippen LogP contribution in [0, 0.1) is 11.6 Å². The van der Waals surface area contributed by atoms with Crippen molar-refractivity contribution in [1.82, 2.24) is 9.97 Å². The Bertz CT molecular complexity index is 2530. The molecule has 0 fully saturated rings. The third-order valence-corrected chi connectivity index (χ3v) is 15.1. The molecule has 0 spiro atoms. The summed E-state index contributed by atoms with van der Waals surface area (Å²) >= 11 is 3.30. The zero-order valence-electron chi connectivity index (χ0n) is 36.6. The summed E-state index contributed by atoms with van der Waals surface area (Å²) in [5, 5.41) is 14.1. The Balaban J connectivity index is 0.000000191. The first kappa shape index (κ1) is 45.8. The number of halogens is 3. The minimum atomic E-state index is -1.66. The zero-order valence-corrected chi connectivity index (χ0v) is 40.2. The van der Waals surface area contributed by atoms with E-state index in [0.29, 0.717) is 27.1 Å². The maximum absolute atomic E-state index is 14.9. The van der Waals surface area contributed by atoms with Crippen molar-refractivity contribution < 1.29 is 22.7 Å². The minimum absolute atomic E-state index is 0.0747. The molecule has 2 aromatic heterocycles. The van der Waals surface area contributed by atoms with Crippen LogP contribution in [0.2, 0.25) is 0 Å². The van der Waals surface area contributed by atoms with Crippen molar-refractivity contribution in [3.05, 3.63) is 209 Å². The van der Waals surface area contributed by atoms with Gasteiger partial charge in [0.05, 0.1) is 6.20 Å². The van der Waals surface area contributed by atoms with Crippen molar-refractivity contribution in [2.45, 2.75) is 52.4 Å². The SMILES string of the molecule is CC(C)(C)c1ccc(-c2ncc(Br)cc2F)c(O[Si](c2ccccc2)c2ccccc2)c1.CC(C)(C)c1ccc(-c2ncc(O)cc2F)c(O[Si](c2ccccc2)c2ccccc2)c1. The Morgan fingerprint density at radius 1 is 0.469 bits per heavy atom. The van der Waals surface area contributed by atoms with Crippen molar-refractivity contribution in [3.63, 3.8) is 0 Å². The lowest BCUT2D eigenvalue weighted by Crippen LogP contribution is -2.47. The average molecular weight is 948 g/mol. The summed E-state index contributed by atoms with van der Waals surface area (Å²) < 4.78 is 43.8. The second-order valence-corrected chi connectivity index (χ2v) is 22.2. The molecule has 2 heterocycles. The maximum Gasteiger partial charge on any atom is 0.352 e. The van der Waals surface area contributed by atoms with Gasteiger partial charge in [-0.25, -0.2) is 13.8 Å². The number of aromatic hydroxyl groups is 1. The zero-order chi connectivity index (χ0) is 45.4. The van der Waals surface area contributed by atoms with E-state index >= 15 is 0 Å². The molecule has 0 aliphatic carbocycles. The number of rotatable bonds is 10. The molecule has 2 radical (unpaired) electrons. The predicted molar refractivity (Wildman–Crippen MR) is 263 cm³/mol. The summed E-state index contributed by atoms with van der Waals surface area (Å²) in [6.45, 7) is 12.9. The van der Waals surface area contributed by atoms with Crippen molar-refractivity contribution in [3.8, 4) is 39.8 Å². The molecule has 0 saturated heterocycles. The topological polar surface area (TPSA) is 64.5 Å². The second-order valence-electron chi connectivity index (χ2n) is 17.3. The van der Waals surface area contributed by atoms with E-state index in [-0.39, 0.29) is 33.8 Å². The Labute approximate surface area is 387 Å². The van der Waals surface area contributed by atoms with E-state index in [1.807, 2.05) is 109 Å². The summed E-state index contributed by atoms with van der Waals surface area (Å²) in [7, 11) is -3.29. The van der Waals surface area contributed by atoms with Gasteiger partial charge in [0.25, 0.3) is 0 Å². The van der Waals surface area contributed by atoms with Crippen LogP contribution in [0.25, 0.3) is 22.5 Å². The van der Waals surface area contributed by atoms with Crippen LogP contribution in [-0.4, -0.2) is 33.2 Å². The third-order valence-electron chi connectivity index (χ3n) is 10.4. The number of pyridine rings is 2. The van der Waals surface area contributed by atoms with Gasteiger partial charge in [0, 0.05) is 27.9 Å². The Kier molecular flexibility index (Phi) is 14.4. The van der Waals surface area contributed by atoms with Gasteiger partial charge in [-0.15, -0.1) is 0 Å². The van der Waals surface area contributed by atoms with Crippen molar-refractivity contribution in [2.24, 2.45) is 0 Å². The van der Waals surface area contributed by atoms with Crippen LogP contribution in [0.1, 0.15) is 52.7 Å². The maximum atomic E-state index is 14.9. The fraction of sp³-hybridized carbons (Fsp3) is 0.148. The van der Waals surface area contributed by atoms with Crippen molar-refractivity contribution in [1.29, 1.82) is 0 Å². The molecule has 0 saturated carbocycles.